The summed E-state index contributed by atoms with van der Waals surface area (Å²) in [4.78, 5) is 26.7. The van der Waals surface area contributed by atoms with E-state index in [1.54, 1.807) is 11.8 Å². The first kappa shape index (κ1) is 16.0. The molecule has 1 aliphatic carbocycles. The van der Waals surface area contributed by atoms with Crippen LogP contribution in [0.1, 0.15) is 32.6 Å². The van der Waals surface area contributed by atoms with Crippen molar-refractivity contribution in [3.63, 3.8) is 0 Å². The van der Waals surface area contributed by atoms with Gasteiger partial charge in [-0.2, -0.15) is 0 Å². The van der Waals surface area contributed by atoms with Crippen molar-refractivity contribution >= 4 is 12.0 Å². The van der Waals surface area contributed by atoms with Crippen LogP contribution < -0.4 is 5.32 Å². The molecule has 1 saturated heterocycles. The second kappa shape index (κ2) is 7.09. The fraction of sp³-hybridized carbons (Fsp3) is 0.857. The van der Waals surface area contributed by atoms with Gasteiger partial charge in [0.25, 0.3) is 0 Å². The third-order valence-corrected chi connectivity index (χ3v) is 4.54. The van der Waals surface area contributed by atoms with Crippen LogP contribution in [0.2, 0.25) is 0 Å². The zero-order valence-corrected chi connectivity index (χ0v) is 12.5. The van der Waals surface area contributed by atoms with Gasteiger partial charge in [0.15, 0.2) is 0 Å². The molecule has 0 aromatic rings. The third-order valence-electron chi connectivity index (χ3n) is 4.54. The number of aliphatic hydroxyl groups is 1. The molecule has 3 N–H and O–H groups in total. The summed E-state index contributed by atoms with van der Waals surface area (Å²) in [5.74, 6) is -0.835. The lowest BCUT2D eigenvalue weighted by molar-refractivity contribution is -0.143. The molecule has 2 rings (SSSR count). The lowest BCUT2D eigenvalue weighted by Crippen LogP contribution is -2.57. The van der Waals surface area contributed by atoms with Gasteiger partial charge in [-0.05, 0) is 19.8 Å². The first-order valence-electron chi connectivity index (χ1n) is 7.69. The Kier molecular flexibility index (Phi) is 5.41. The molecule has 2 fully saturated rings. The standard InChI is InChI=1S/C14H25N3O4/c1-10(13(19)20)16-6-8-17(9-7-16)14(21)15-11-4-2-3-5-12(11)18/h10-12,18H,2-9H2,1H3,(H,15,21)(H,19,20). The first-order valence-corrected chi connectivity index (χ1v) is 7.69. The van der Waals surface area contributed by atoms with Crippen molar-refractivity contribution in [1.29, 1.82) is 0 Å². The zero-order valence-electron chi connectivity index (χ0n) is 12.5. The van der Waals surface area contributed by atoms with Crippen LogP contribution in [0.25, 0.3) is 0 Å². The van der Waals surface area contributed by atoms with Gasteiger partial charge < -0.3 is 20.4 Å². The van der Waals surface area contributed by atoms with Gasteiger partial charge >= 0.3 is 12.0 Å². The summed E-state index contributed by atoms with van der Waals surface area (Å²) in [6, 6.07) is -0.818. The maximum atomic E-state index is 12.2. The van der Waals surface area contributed by atoms with Crippen molar-refractivity contribution in [2.75, 3.05) is 26.2 Å². The van der Waals surface area contributed by atoms with E-state index in [-0.39, 0.29) is 12.1 Å². The Morgan fingerprint density at radius 3 is 2.33 bits per heavy atom. The van der Waals surface area contributed by atoms with Gasteiger partial charge in [0.05, 0.1) is 12.1 Å². The van der Waals surface area contributed by atoms with Crippen molar-refractivity contribution in [3.05, 3.63) is 0 Å². The quantitative estimate of drug-likeness (QED) is 0.687. The highest BCUT2D eigenvalue weighted by Crippen LogP contribution is 2.18. The predicted octanol–water partition coefficient (Wildman–Crippen LogP) is 0.0902. The van der Waals surface area contributed by atoms with Crippen molar-refractivity contribution in [2.45, 2.75) is 50.8 Å². The Hall–Kier alpha value is -1.34. The van der Waals surface area contributed by atoms with E-state index in [1.165, 1.54) is 0 Å². The predicted molar refractivity (Wildman–Crippen MR) is 77.0 cm³/mol. The average molecular weight is 299 g/mol. The molecule has 1 aliphatic heterocycles. The number of carboxylic acids is 1. The minimum atomic E-state index is -0.835. The average Bonchev–Trinajstić information content (AvgIpc) is 2.49. The van der Waals surface area contributed by atoms with Crippen LogP contribution in [0.4, 0.5) is 4.79 Å². The Morgan fingerprint density at radius 2 is 1.76 bits per heavy atom. The maximum absolute atomic E-state index is 12.2. The van der Waals surface area contributed by atoms with E-state index in [1.807, 2.05) is 4.90 Å². The van der Waals surface area contributed by atoms with Crippen molar-refractivity contribution < 1.29 is 19.8 Å². The number of carboxylic acid groups (broad SMARTS) is 1. The molecule has 3 unspecified atom stereocenters. The SMILES string of the molecule is CC(C(=O)O)N1CCN(C(=O)NC2CCCCC2O)CC1. The number of aliphatic hydroxyl groups excluding tert-OH is 1. The molecule has 1 saturated carbocycles. The van der Waals surface area contributed by atoms with Gasteiger partial charge in [0, 0.05) is 26.2 Å². The van der Waals surface area contributed by atoms with Crippen LogP contribution in [0.15, 0.2) is 0 Å². The Morgan fingerprint density at radius 1 is 1.14 bits per heavy atom. The number of urea groups is 1. The summed E-state index contributed by atoms with van der Waals surface area (Å²) < 4.78 is 0. The number of nitrogens with one attached hydrogen (secondary N) is 1. The smallest absolute Gasteiger partial charge is 0.320 e. The number of carbonyl (C=O) groups is 2. The van der Waals surface area contributed by atoms with Gasteiger partial charge in [0.2, 0.25) is 0 Å². The molecule has 1 heterocycles. The van der Waals surface area contributed by atoms with E-state index in [0.717, 1.165) is 25.7 Å². The molecular formula is C14H25N3O4. The van der Waals surface area contributed by atoms with Crippen LogP contribution in [-0.2, 0) is 4.79 Å². The normalized spacial score (nSPS) is 29.0. The summed E-state index contributed by atoms with van der Waals surface area (Å²) in [6.45, 7) is 3.83. The number of hydrogen-bond donors (Lipinski definition) is 3. The van der Waals surface area contributed by atoms with Crippen LogP contribution in [-0.4, -0.2) is 76.4 Å². The topological polar surface area (TPSA) is 93.1 Å². The summed E-state index contributed by atoms with van der Waals surface area (Å²) in [5.41, 5.74) is 0. The van der Waals surface area contributed by atoms with Crippen LogP contribution in [0.5, 0.6) is 0 Å². The second-order valence-corrected chi connectivity index (χ2v) is 5.95. The summed E-state index contributed by atoms with van der Waals surface area (Å²) >= 11 is 0. The summed E-state index contributed by atoms with van der Waals surface area (Å²) in [7, 11) is 0. The van der Waals surface area contributed by atoms with Crippen LogP contribution in [0, 0.1) is 0 Å². The Balaban J connectivity index is 1.79. The third kappa shape index (κ3) is 4.07. The molecule has 0 bridgehead atoms. The van der Waals surface area contributed by atoms with E-state index in [4.69, 9.17) is 5.11 Å². The van der Waals surface area contributed by atoms with Crippen molar-refractivity contribution in [1.82, 2.24) is 15.1 Å². The maximum Gasteiger partial charge on any atom is 0.320 e. The molecule has 21 heavy (non-hydrogen) atoms. The van der Waals surface area contributed by atoms with E-state index >= 15 is 0 Å². The van der Waals surface area contributed by atoms with E-state index in [2.05, 4.69) is 5.32 Å². The van der Waals surface area contributed by atoms with E-state index in [9.17, 15) is 14.7 Å². The van der Waals surface area contributed by atoms with Gasteiger partial charge in [-0.15, -0.1) is 0 Å². The second-order valence-electron chi connectivity index (χ2n) is 5.95. The highest BCUT2D eigenvalue weighted by molar-refractivity contribution is 5.75. The van der Waals surface area contributed by atoms with Gasteiger partial charge in [-0.3, -0.25) is 9.69 Å². The number of piperazine rings is 1. The fourth-order valence-electron chi connectivity index (χ4n) is 3.00. The zero-order chi connectivity index (χ0) is 15.4. The molecular weight excluding hydrogens is 274 g/mol. The van der Waals surface area contributed by atoms with E-state index < -0.39 is 18.1 Å². The largest absolute Gasteiger partial charge is 0.480 e. The van der Waals surface area contributed by atoms with E-state index in [0.29, 0.717) is 26.2 Å². The van der Waals surface area contributed by atoms with Crippen LogP contribution in [0.3, 0.4) is 0 Å². The molecule has 3 atom stereocenters. The number of amides is 2. The fourth-order valence-corrected chi connectivity index (χ4v) is 3.00. The lowest BCUT2D eigenvalue weighted by Gasteiger charge is -2.38. The monoisotopic (exact) mass is 299 g/mol. The highest BCUT2D eigenvalue weighted by atomic mass is 16.4. The molecule has 0 spiro atoms. The number of aliphatic carboxylic acids is 1. The molecule has 0 radical (unpaired) electrons. The highest BCUT2D eigenvalue weighted by Gasteiger charge is 2.30. The van der Waals surface area contributed by atoms with Crippen LogP contribution >= 0.6 is 0 Å². The van der Waals surface area contributed by atoms with Crippen molar-refractivity contribution in [2.24, 2.45) is 0 Å². The Bertz CT molecular complexity index is 382. The number of nitrogens with zero attached hydrogens (tertiary/aromatic N) is 2. The summed E-state index contributed by atoms with van der Waals surface area (Å²) in [6.07, 6.45) is 3.17. The first-order chi connectivity index (χ1) is 9.99. The van der Waals surface area contributed by atoms with Crippen molar-refractivity contribution in [3.8, 4) is 0 Å². The van der Waals surface area contributed by atoms with Gasteiger partial charge in [0.1, 0.15) is 6.04 Å². The molecule has 0 aromatic carbocycles. The molecule has 2 aliphatic rings. The lowest BCUT2D eigenvalue weighted by atomic mass is 9.93. The molecule has 0 aromatic heterocycles. The minimum absolute atomic E-state index is 0.149. The summed E-state index contributed by atoms with van der Waals surface area (Å²) in [5, 5.41) is 21.8. The van der Waals surface area contributed by atoms with Gasteiger partial charge in [-0.25, -0.2) is 4.79 Å². The minimum Gasteiger partial charge on any atom is -0.480 e. The molecule has 120 valence electrons. The van der Waals surface area contributed by atoms with Gasteiger partial charge in [-0.1, -0.05) is 12.8 Å². The Labute approximate surface area is 124 Å². The molecule has 7 nitrogen and oxygen atoms in total. The number of carbonyl (C=O) groups excluding carboxylic acids is 1. The number of hydrogen-bond acceptors (Lipinski definition) is 4. The number of rotatable bonds is 3. The molecule has 2 amide bonds. The molecule has 7 heteroatoms.